The summed E-state index contributed by atoms with van der Waals surface area (Å²) in [6.45, 7) is 2.38. The molecule has 1 N–H and O–H groups in total. The van der Waals surface area contributed by atoms with Gasteiger partial charge in [-0.1, -0.05) is 12.1 Å². The Morgan fingerprint density at radius 2 is 1.88 bits per heavy atom. The highest BCUT2D eigenvalue weighted by molar-refractivity contribution is 5.26. The summed E-state index contributed by atoms with van der Waals surface area (Å²) in [6, 6.07) is 11.2. The number of aryl methyl sites for hydroxylation is 1. The van der Waals surface area contributed by atoms with E-state index in [9.17, 15) is 0 Å². The molecule has 0 aliphatic carbocycles. The van der Waals surface area contributed by atoms with Gasteiger partial charge in [-0.05, 0) is 36.8 Å². The Kier molecular flexibility index (Phi) is 3.27. The lowest BCUT2D eigenvalue weighted by Gasteiger charge is -2.04. The van der Waals surface area contributed by atoms with Gasteiger partial charge in [0.2, 0.25) is 0 Å². The van der Waals surface area contributed by atoms with Gasteiger partial charge in [-0.15, -0.1) is 0 Å². The fraction of sp³-hybridized carbons (Fsp3) is 0.231. The number of aliphatic hydroxyl groups is 1. The molecule has 3 nitrogen and oxygen atoms in total. The molecule has 0 aliphatic heterocycles. The van der Waals surface area contributed by atoms with Crippen LogP contribution in [0.15, 0.2) is 40.8 Å². The summed E-state index contributed by atoms with van der Waals surface area (Å²) in [5.41, 5.74) is 0.876. The highest BCUT2D eigenvalue weighted by Crippen LogP contribution is 2.15. The molecule has 2 rings (SSSR count). The summed E-state index contributed by atoms with van der Waals surface area (Å²) >= 11 is 0. The highest BCUT2D eigenvalue weighted by Gasteiger charge is 2.00. The van der Waals surface area contributed by atoms with E-state index in [1.165, 1.54) is 0 Å². The molecular formula is C13H14O3. The van der Waals surface area contributed by atoms with Crippen LogP contribution in [0, 0.1) is 6.92 Å². The Morgan fingerprint density at radius 1 is 1.12 bits per heavy atom. The third-order valence-corrected chi connectivity index (χ3v) is 2.28. The summed E-state index contributed by atoms with van der Waals surface area (Å²) in [5, 5.41) is 8.88. The van der Waals surface area contributed by atoms with Gasteiger partial charge < -0.3 is 14.3 Å². The van der Waals surface area contributed by atoms with E-state index in [1.54, 1.807) is 0 Å². The fourth-order valence-electron chi connectivity index (χ4n) is 1.41. The largest absolute Gasteiger partial charge is 0.486 e. The summed E-state index contributed by atoms with van der Waals surface area (Å²) in [6.07, 6.45) is 0. The highest BCUT2D eigenvalue weighted by atomic mass is 16.5. The van der Waals surface area contributed by atoms with Crippen molar-refractivity contribution in [2.75, 3.05) is 0 Å². The molecule has 0 saturated heterocycles. The van der Waals surface area contributed by atoms with Crippen molar-refractivity contribution in [3.05, 3.63) is 53.5 Å². The summed E-state index contributed by atoms with van der Waals surface area (Å²) < 4.78 is 10.9. The second-order valence-corrected chi connectivity index (χ2v) is 3.60. The van der Waals surface area contributed by atoms with Gasteiger partial charge in [-0.2, -0.15) is 0 Å². The van der Waals surface area contributed by atoms with Gasteiger partial charge in [0.25, 0.3) is 0 Å². The molecule has 0 spiro atoms. The predicted molar refractivity (Wildman–Crippen MR) is 60.1 cm³/mol. The second-order valence-electron chi connectivity index (χ2n) is 3.60. The molecule has 0 radical (unpaired) electrons. The molecule has 0 atom stereocenters. The first-order chi connectivity index (χ1) is 7.78. The first-order valence-electron chi connectivity index (χ1n) is 5.16. The average molecular weight is 218 g/mol. The summed E-state index contributed by atoms with van der Waals surface area (Å²) in [5.74, 6) is 2.46. The molecular weight excluding hydrogens is 204 g/mol. The van der Waals surface area contributed by atoms with Crippen molar-refractivity contribution in [2.24, 2.45) is 0 Å². The maximum Gasteiger partial charge on any atom is 0.146 e. The number of rotatable bonds is 4. The number of ether oxygens (including phenoxy) is 1. The molecule has 0 aliphatic rings. The van der Waals surface area contributed by atoms with E-state index in [-0.39, 0.29) is 6.61 Å². The average Bonchev–Trinajstić information content (AvgIpc) is 2.73. The number of benzene rings is 1. The van der Waals surface area contributed by atoms with Gasteiger partial charge in [0.05, 0.1) is 6.61 Å². The van der Waals surface area contributed by atoms with Crippen LogP contribution < -0.4 is 4.74 Å². The minimum Gasteiger partial charge on any atom is -0.486 e. The van der Waals surface area contributed by atoms with E-state index in [0.29, 0.717) is 6.61 Å². The maximum absolute atomic E-state index is 8.88. The molecule has 0 fully saturated rings. The standard InChI is InChI=1S/C13H14O3/c1-10-2-5-13(16-10)9-15-12-6-3-11(8-14)4-7-12/h2-7,14H,8-9H2,1H3. The van der Waals surface area contributed by atoms with Crippen LogP contribution in [0.2, 0.25) is 0 Å². The molecule has 1 aromatic heterocycles. The van der Waals surface area contributed by atoms with Crippen LogP contribution in [0.3, 0.4) is 0 Å². The van der Waals surface area contributed by atoms with Crippen LogP contribution in [0.1, 0.15) is 17.1 Å². The van der Waals surface area contributed by atoms with Crippen molar-refractivity contribution < 1.29 is 14.3 Å². The van der Waals surface area contributed by atoms with Crippen molar-refractivity contribution in [2.45, 2.75) is 20.1 Å². The molecule has 1 aromatic carbocycles. The van der Waals surface area contributed by atoms with Crippen molar-refractivity contribution >= 4 is 0 Å². The Hall–Kier alpha value is -1.74. The molecule has 0 amide bonds. The molecule has 16 heavy (non-hydrogen) atoms. The Bertz CT molecular complexity index is 442. The van der Waals surface area contributed by atoms with Crippen LogP contribution in [0.25, 0.3) is 0 Å². The van der Waals surface area contributed by atoms with E-state index in [1.807, 2.05) is 43.3 Å². The molecule has 0 unspecified atom stereocenters. The van der Waals surface area contributed by atoms with E-state index in [4.69, 9.17) is 14.3 Å². The van der Waals surface area contributed by atoms with E-state index < -0.39 is 0 Å². The van der Waals surface area contributed by atoms with Gasteiger partial charge in [0.1, 0.15) is 23.9 Å². The Balaban J connectivity index is 1.94. The summed E-state index contributed by atoms with van der Waals surface area (Å²) in [4.78, 5) is 0. The first-order valence-corrected chi connectivity index (χ1v) is 5.16. The number of aliphatic hydroxyl groups excluding tert-OH is 1. The van der Waals surface area contributed by atoms with Gasteiger partial charge in [-0.25, -0.2) is 0 Å². The van der Waals surface area contributed by atoms with Crippen molar-refractivity contribution in [3.63, 3.8) is 0 Å². The second kappa shape index (κ2) is 4.86. The Morgan fingerprint density at radius 3 is 2.44 bits per heavy atom. The van der Waals surface area contributed by atoms with Gasteiger partial charge >= 0.3 is 0 Å². The van der Waals surface area contributed by atoms with Crippen molar-refractivity contribution in [3.8, 4) is 5.75 Å². The molecule has 0 saturated carbocycles. The van der Waals surface area contributed by atoms with Gasteiger partial charge in [-0.3, -0.25) is 0 Å². The lowest BCUT2D eigenvalue weighted by molar-refractivity contribution is 0.266. The lowest BCUT2D eigenvalue weighted by atomic mass is 10.2. The smallest absolute Gasteiger partial charge is 0.146 e. The number of hydrogen-bond donors (Lipinski definition) is 1. The normalized spacial score (nSPS) is 10.4. The van der Waals surface area contributed by atoms with Crippen molar-refractivity contribution in [1.29, 1.82) is 0 Å². The van der Waals surface area contributed by atoms with Gasteiger partial charge in [0, 0.05) is 0 Å². The number of furan rings is 1. The molecule has 0 bridgehead atoms. The van der Waals surface area contributed by atoms with E-state index in [2.05, 4.69) is 0 Å². The zero-order chi connectivity index (χ0) is 11.4. The topological polar surface area (TPSA) is 42.6 Å². The minimum atomic E-state index is 0.0532. The fourth-order valence-corrected chi connectivity index (χ4v) is 1.41. The van der Waals surface area contributed by atoms with Crippen molar-refractivity contribution in [1.82, 2.24) is 0 Å². The molecule has 84 valence electrons. The third-order valence-electron chi connectivity index (χ3n) is 2.28. The monoisotopic (exact) mass is 218 g/mol. The van der Waals surface area contributed by atoms with Crippen LogP contribution in [-0.4, -0.2) is 5.11 Å². The first kappa shape index (κ1) is 10.8. The number of hydrogen-bond acceptors (Lipinski definition) is 3. The van der Waals surface area contributed by atoms with Crippen LogP contribution >= 0.6 is 0 Å². The van der Waals surface area contributed by atoms with E-state index in [0.717, 1.165) is 22.8 Å². The third kappa shape index (κ3) is 2.64. The van der Waals surface area contributed by atoms with Crippen LogP contribution in [-0.2, 0) is 13.2 Å². The predicted octanol–water partition coefficient (Wildman–Crippen LogP) is 2.66. The SMILES string of the molecule is Cc1ccc(COc2ccc(CO)cc2)o1. The zero-order valence-corrected chi connectivity index (χ0v) is 9.14. The Labute approximate surface area is 94.3 Å². The lowest BCUT2D eigenvalue weighted by Crippen LogP contribution is -1.93. The molecule has 2 aromatic rings. The van der Waals surface area contributed by atoms with E-state index >= 15 is 0 Å². The zero-order valence-electron chi connectivity index (χ0n) is 9.14. The van der Waals surface area contributed by atoms with Crippen LogP contribution in [0.4, 0.5) is 0 Å². The van der Waals surface area contributed by atoms with Crippen LogP contribution in [0.5, 0.6) is 5.75 Å². The quantitative estimate of drug-likeness (QED) is 0.857. The molecule has 1 heterocycles. The summed E-state index contributed by atoms with van der Waals surface area (Å²) in [7, 11) is 0. The minimum absolute atomic E-state index is 0.0532. The van der Waals surface area contributed by atoms with Gasteiger partial charge in [0.15, 0.2) is 0 Å². The molecule has 3 heteroatoms. The maximum atomic E-state index is 8.88.